The lowest BCUT2D eigenvalue weighted by atomic mass is 10.1. The second kappa shape index (κ2) is 5.04. The van der Waals surface area contributed by atoms with Crippen molar-refractivity contribution < 1.29 is 5.11 Å². The van der Waals surface area contributed by atoms with Gasteiger partial charge in [-0.15, -0.1) is 0 Å². The number of nitrogens with one attached hydrogen (secondary N) is 1. The monoisotopic (exact) mass is 170 g/mol. The van der Waals surface area contributed by atoms with E-state index in [1.807, 2.05) is 12.4 Å². The zero-order valence-corrected chi connectivity index (χ0v) is 7.66. The Kier molecular flexibility index (Phi) is 3.94. The number of hydrogen-bond donors (Lipinski definition) is 2. The molecule has 0 aromatic heterocycles. The zero-order chi connectivity index (χ0) is 8.81. The van der Waals surface area contributed by atoms with Crippen LogP contribution in [0.3, 0.4) is 0 Å². The maximum Gasteiger partial charge on any atom is 0.0868 e. The average Bonchev–Trinajstić information content (AvgIpc) is 2.53. The maximum absolute atomic E-state index is 9.54. The van der Waals surface area contributed by atoms with Crippen LogP contribution in [0.15, 0.2) is 12.4 Å². The molecule has 0 amide bonds. The van der Waals surface area contributed by atoms with E-state index in [1.54, 1.807) is 0 Å². The second-order valence-electron chi connectivity index (χ2n) is 3.25. The van der Waals surface area contributed by atoms with Crippen LogP contribution in [0, 0.1) is 0 Å². The molecule has 1 heterocycles. The number of nitrogens with zero attached hydrogens (tertiary/aromatic N) is 1. The molecule has 0 spiro atoms. The first-order chi connectivity index (χ1) is 5.83. The van der Waals surface area contributed by atoms with E-state index in [0.29, 0.717) is 0 Å². The summed E-state index contributed by atoms with van der Waals surface area (Å²) in [5.41, 5.74) is 0. The Morgan fingerprint density at radius 3 is 3.08 bits per heavy atom. The molecule has 2 N–H and O–H groups in total. The van der Waals surface area contributed by atoms with Gasteiger partial charge >= 0.3 is 0 Å². The van der Waals surface area contributed by atoms with Crippen molar-refractivity contribution in [3.63, 3.8) is 0 Å². The Balaban J connectivity index is 2.08. The highest BCUT2D eigenvalue weighted by molar-refractivity contribution is 4.88. The van der Waals surface area contributed by atoms with Gasteiger partial charge in [0.2, 0.25) is 0 Å². The average molecular weight is 170 g/mol. The van der Waals surface area contributed by atoms with Gasteiger partial charge in [0.1, 0.15) is 0 Å². The van der Waals surface area contributed by atoms with Crippen molar-refractivity contribution in [3.8, 4) is 0 Å². The van der Waals surface area contributed by atoms with Gasteiger partial charge < -0.3 is 15.3 Å². The van der Waals surface area contributed by atoms with Gasteiger partial charge in [0.25, 0.3) is 0 Å². The quantitative estimate of drug-likeness (QED) is 0.642. The summed E-state index contributed by atoms with van der Waals surface area (Å²) in [4.78, 5) is 2.08. The minimum Gasteiger partial charge on any atom is -0.391 e. The van der Waals surface area contributed by atoms with Gasteiger partial charge in [-0.2, -0.15) is 0 Å². The Bertz CT molecular complexity index is 147. The minimum atomic E-state index is -0.172. The van der Waals surface area contributed by atoms with E-state index in [2.05, 4.69) is 17.1 Å². The summed E-state index contributed by atoms with van der Waals surface area (Å²) in [6.07, 6.45) is 6.91. The van der Waals surface area contributed by atoms with Crippen molar-refractivity contribution in [3.05, 3.63) is 12.4 Å². The minimum absolute atomic E-state index is 0.172. The zero-order valence-electron chi connectivity index (χ0n) is 7.66. The van der Waals surface area contributed by atoms with Crippen LogP contribution in [0.25, 0.3) is 0 Å². The van der Waals surface area contributed by atoms with E-state index in [1.165, 1.54) is 0 Å². The van der Waals surface area contributed by atoms with Gasteiger partial charge in [-0.3, -0.25) is 0 Å². The molecule has 1 aliphatic heterocycles. The summed E-state index contributed by atoms with van der Waals surface area (Å²) in [5.74, 6) is 0. The van der Waals surface area contributed by atoms with Crippen molar-refractivity contribution in [2.24, 2.45) is 0 Å². The van der Waals surface area contributed by atoms with Crippen LogP contribution in [-0.4, -0.2) is 29.3 Å². The molecule has 12 heavy (non-hydrogen) atoms. The third kappa shape index (κ3) is 3.13. The maximum atomic E-state index is 9.54. The van der Waals surface area contributed by atoms with Crippen LogP contribution in [0.2, 0.25) is 0 Å². The molecule has 0 saturated carbocycles. The summed E-state index contributed by atoms with van der Waals surface area (Å²) < 4.78 is 0. The lowest BCUT2D eigenvalue weighted by Gasteiger charge is -2.18. The second-order valence-corrected chi connectivity index (χ2v) is 3.25. The fraction of sp³-hybridized carbons (Fsp3) is 0.778. The van der Waals surface area contributed by atoms with Crippen molar-refractivity contribution >= 4 is 0 Å². The van der Waals surface area contributed by atoms with Crippen molar-refractivity contribution in [2.75, 3.05) is 13.2 Å². The third-order valence-electron chi connectivity index (χ3n) is 2.03. The van der Waals surface area contributed by atoms with Gasteiger partial charge in [0.15, 0.2) is 0 Å². The molecule has 1 rings (SSSR count). The lowest BCUT2D eigenvalue weighted by Crippen LogP contribution is -2.29. The first kappa shape index (κ1) is 9.39. The van der Waals surface area contributed by atoms with E-state index in [0.717, 1.165) is 32.5 Å². The molecule has 0 bridgehead atoms. The summed E-state index contributed by atoms with van der Waals surface area (Å²) in [7, 11) is 0. The SMILES string of the molecule is CCCCC(O)CN1C=CNC1. The molecule has 0 aromatic carbocycles. The Labute approximate surface area is 74.1 Å². The molecular weight excluding hydrogens is 152 g/mol. The van der Waals surface area contributed by atoms with E-state index >= 15 is 0 Å². The molecule has 0 radical (unpaired) electrons. The van der Waals surface area contributed by atoms with Crippen LogP contribution in [-0.2, 0) is 0 Å². The number of aliphatic hydroxyl groups is 1. The number of unbranched alkanes of at least 4 members (excludes halogenated alkanes) is 1. The van der Waals surface area contributed by atoms with Crippen LogP contribution in [0.5, 0.6) is 0 Å². The van der Waals surface area contributed by atoms with Crippen LogP contribution in [0.4, 0.5) is 0 Å². The van der Waals surface area contributed by atoms with Gasteiger partial charge in [-0.1, -0.05) is 19.8 Å². The number of hydrogen-bond acceptors (Lipinski definition) is 3. The molecule has 1 unspecified atom stereocenters. The van der Waals surface area contributed by atoms with Crippen LogP contribution >= 0.6 is 0 Å². The summed E-state index contributed by atoms with van der Waals surface area (Å²) in [5, 5.41) is 12.6. The molecule has 0 saturated heterocycles. The Morgan fingerprint density at radius 2 is 2.50 bits per heavy atom. The van der Waals surface area contributed by atoms with Gasteiger partial charge in [-0.25, -0.2) is 0 Å². The summed E-state index contributed by atoms with van der Waals surface area (Å²) >= 11 is 0. The Morgan fingerprint density at radius 1 is 1.67 bits per heavy atom. The molecule has 0 fully saturated rings. The molecule has 3 heteroatoms. The van der Waals surface area contributed by atoms with Gasteiger partial charge in [0.05, 0.1) is 12.8 Å². The standard InChI is InChI=1S/C9H18N2O/c1-2-3-4-9(12)7-11-6-5-10-8-11/h5-6,9-10,12H,2-4,7-8H2,1H3. The number of rotatable bonds is 5. The molecule has 3 nitrogen and oxygen atoms in total. The molecular formula is C9H18N2O. The molecule has 70 valence electrons. The first-order valence-electron chi connectivity index (χ1n) is 4.65. The van der Waals surface area contributed by atoms with Crippen LogP contribution in [0.1, 0.15) is 26.2 Å². The predicted molar refractivity (Wildman–Crippen MR) is 49.4 cm³/mol. The highest BCUT2D eigenvalue weighted by Crippen LogP contribution is 2.04. The summed E-state index contributed by atoms with van der Waals surface area (Å²) in [6, 6.07) is 0. The van der Waals surface area contributed by atoms with Gasteiger partial charge in [0, 0.05) is 18.9 Å². The Hall–Kier alpha value is -0.700. The summed E-state index contributed by atoms with van der Waals surface area (Å²) in [6.45, 7) is 3.73. The smallest absolute Gasteiger partial charge is 0.0868 e. The van der Waals surface area contributed by atoms with E-state index in [4.69, 9.17) is 0 Å². The molecule has 1 atom stereocenters. The van der Waals surface area contributed by atoms with Crippen molar-refractivity contribution in [1.29, 1.82) is 0 Å². The fourth-order valence-electron chi connectivity index (χ4n) is 1.31. The van der Waals surface area contributed by atoms with E-state index < -0.39 is 0 Å². The normalized spacial score (nSPS) is 18.0. The number of aliphatic hydroxyl groups excluding tert-OH is 1. The topological polar surface area (TPSA) is 35.5 Å². The first-order valence-corrected chi connectivity index (χ1v) is 4.65. The largest absolute Gasteiger partial charge is 0.391 e. The molecule has 1 aliphatic rings. The third-order valence-corrected chi connectivity index (χ3v) is 2.03. The number of β-amino-alcohol motifs (C(OH)–C–C–N with tert-alkyl or cyclic N) is 1. The van der Waals surface area contributed by atoms with Crippen LogP contribution < -0.4 is 5.32 Å². The fourth-order valence-corrected chi connectivity index (χ4v) is 1.31. The lowest BCUT2D eigenvalue weighted by molar-refractivity contribution is 0.125. The highest BCUT2D eigenvalue weighted by atomic mass is 16.3. The van der Waals surface area contributed by atoms with E-state index in [-0.39, 0.29) is 6.10 Å². The van der Waals surface area contributed by atoms with Crippen molar-refractivity contribution in [1.82, 2.24) is 10.2 Å². The van der Waals surface area contributed by atoms with Crippen molar-refractivity contribution in [2.45, 2.75) is 32.3 Å². The van der Waals surface area contributed by atoms with E-state index in [9.17, 15) is 5.11 Å². The van der Waals surface area contributed by atoms with Gasteiger partial charge in [-0.05, 0) is 6.42 Å². The molecule has 0 aromatic rings. The predicted octanol–water partition coefficient (Wildman–Crippen LogP) is 0.871. The molecule has 0 aliphatic carbocycles. The highest BCUT2D eigenvalue weighted by Gasteiger charge is 2.09.